The van der Waals surface area contributed by atoms with E-state index < -0.39 is 0 Å². The van der Waals surface area contributed by atoms with E-state index in [4.69, 9.17) is 21.6 Å². The molecule has 0 radical (unpaired) electrons. The second-order valence-electron chi connectivity index (χ2n) is 6.43. The third kappa shape index (κ3) is 4.23. The first-order valence-corrected chi connectivity index (χ1v) is 8.28. The molecule has 1 aromatic carbocycles. The number of carbonyl (C=O) groups excluding carboxylic acids is 1. The molecule has 2 fully saturated rings. The van der Waals surface area contributed by atoms with E-state index in [-0.39, 0.29) is 5.91 Å². The minimum Gasteiger partial charge on any atom is -0.379 e. The Morgan fingerprint density at radius 3 is 3.00 bits per heavy atom. The summed E-state index contributed by atoms with van der Waals surface area (Å²) >= 11 is 5.97. The quantitative estimate of drug-likeness (QED) is 0.920. The molecule has 0 aromatic heterocycles. The van der Waals surface area contributed by atoms with Crippen molar-refractivity contribution in [3.05, 3.63) is 28.8 Å². The maximum Gasteiger partial charge on any atom is 0.225 e. The minimum absolute atomic E-state index is 0.0409. The molecule has 3 rings (SSSR count). The van der Waals surface area contributed by atoms with Crippen molar-refractivity contribution in [2.45, 2.75) is 19.3 Å². The molecule has 23 heavy (non-hydrogen) atoms. The number of amides is 1. The molecule has 2 aliphatic rings. The van der Waals surface area contributed by atoms with E-state index in [1.165, 1.54) is 12.8 Å². The van der Waals surface area contributed by atoms with Gasteiger partial charge in [-0.3, -0.25) is 9.69 Å². The van der Waals surface area contributed by atoms with Gasteiger partial charge in [-0.1, -0.05) is 11.6 Å². The van der Waals surface area contributed by atoms with Crippen molar-refractivity contribution in [2.75, 3.05) is 38.2 Å². The Hall–Kier alpha value is -1.61. The van der Waals surface area contributed by atoms with E-state index in [2.05, 4.69) is 10.2 Å². The Bertz CT molecular complexity index is 637. The number of benzene rings is 1. The number of ether oxygens (including phenoxy) is 1. The largest absolute Gasteiger partial charge is 0.379 e. The van der Waals surface area contributed by atoms with Crippen molar-refractivity contribution in [2.24, 2.45) is 5.41 Å². The molecule has 6 heteroatoms. The van der Waals surface area contributed by atoms with Gasteiger partial charge in [0.2, 0.25) is 5.91 Å². The number of hydrogen-bond acceptors (Lipinski definition) is 4. The van der Waals surface area contributed by atoms with Gasteiger partial charge in [-0.15, -0.1) is 0 Å². The lowest BCUT2D eigenvalue weighted by Crippen LogP contribution is -2.33. The second-order valence-corrected chi connectivity index (χ2v) is 6.84. The van der Waals surface area contributed by atoms with Gasteiger partial charge >= 0.3 is 0 Å². The van der Waals surface area contributed by atoms with Gasteiger partial charge < -0.3 is 10.1 Å². The normalized spacial score (nSPS) is 19.8. The second kappa shape index (κ2) is 6.88. The van der Waals surface area contributed by atoms with Crippen molar-refractivity contribution >= 4 is 23.2 Å². The summed E-state index contributed by atoms with van der Waals surface area (Å²) in [6, 6.07) is 6.92. The topological polar surface area (TPSA) is 65.4 Å². The first-order chi connectivity index (χ1) is 11.1. The summed E-state index contributed by atoms with van der Waals surface area (Å²) in [6.45, 7) is 4.26. The first-order valence-electron chi connectivity index (χ1n) is 7.90. The summed E-state index contributed by atoms with van der Waals surface area (Å²) in [5, 5.41) is 12.0. The van der Waals surface area contributed by atoms with Crippen LogP contribution >= 0.6 is 11.6 Å². The molecule has 1 heterocycles. The maximum absolute atomic E-state index is 12.1. The number of nitrogens with zero attached hydrogens (tertiary/aromatic N) is 2. The summed E-state index contributed by atoms with van der Waals surface area (Å²) in [4.78, 5) is 14.4. The molecule has 1 amide bonds. The van der Waals surface area contributed by atoms with Crippen LogP contribution in [0.5, 0.6) is 0 Å². The average Bonchev–Trinajstić information content (AvgIpc) is 3.32. The van der Waals surface area contributed by atoms with Crippen molar-refractivity contribution in [3.8, 4) is 6.07 Å². The van der Waals surface area contributed by atoms with Gasteiger partial charge in [-0.2, -0.15) is 5.26 Å². The van der Waals surface area contributed by atoms with Crippen LogP contribution in [0.1, 0.15) is 24.8 Å². The van der Waals surface area contributed by atoms with Crippen LogP contribution in [-0.2, 0) is 9.53 Å². The number of nitrogens with one attached hydrogen (secondary N) is 1. The number of hydrogen-bond donors (Lipinski definition) is 1. The highest BCUT2D eigenvalue weighted by Crippen LogP contribution is 2.47. The van der Waals surface area contributed by atoms with Gasteiger partial charge in [0.05, 0.1) is 23.8 Å². The van der Waals surface area contributed by atoms with Crippen molar-refractivity contribution in [1.29, 1.82) is 5.26 Å². The van der Waals surface area contributed by atoms with Crippen molar-refractivity contribution < 1.29 is 9.53 Å². The Morgan fingerprint density at radius 1 is 1.48 bits per heavy atom. The summed E-state index contributed by atoms with van der Waals surface area (Å²) in [7, 11) is 0. The van der Waals surface area contributed by atoms with E-state index in [0.29, 0.717) is 28.1 Å². The van der Waals surface area contributed by atoms with Gasteiger partial charge in [-0.05, 0) is 31.0 Å². The lowest BCUT2D eigenvalue weighted by molar-refractivity contribution is -0.116. The SMILES string of the molecule is N#Cc1ccc(NC(=O)CCN2CCOCC3(CC3)C2)cc1Cl. The third-order valence-corrected chi connectivity index (χ3v) is 4.82. The highest BCUT2D eigenvalue weighted by Gasteiger charge is 2.45. The van der Waals surface area contributed by atoms with E-state index in [9.17, 15) is 4.79 Å². The molecule has 5 nitrogen and oxygen atoms in total. The minimum atomic E-state index is -0.0409. The number of nitriles is 1. The Kier molecular flexibility index (Phi) is 4.86. The summed E-state index contributed by atoms with van der Waals surface area (Å²) in [5.41, 5.74) is 1.38. The number of rotatable bonds is 4. The van der Waals surface area contributed by atoms with Crippen LogP contribution in [0, 0.1) is 16.7 Å². The Labute approximate surface area is 141 Å². The fourth-order valence-corrected chi connectivity index (χ4v) is 3.14. The van der Waals surface area contributed by atoms with E-state index >= 15 is 0 Å². The lowest BCUT2D eigenvalue weighted by Gasteiger charge is -2.22. The van der Waals surface area contributed by atoms with Crippen LogP contribution in [0.25, 0.3) is 0 Å². The number of carbonyl (C=O) groups is 1. The van der Waals surface area contributed by atoms with Gasteiger partial charge in [0, 0.05) is 37.2 Å². The molecule has 0 bridgehead atoms. The Balaban J connectivity index is 1.49. The molecule has 1 spiro atoms. The monoisotopic (exact) mass is 333 g/mol. The highest BCUT2D eigenvalue weighted by atomic mass is 35.5. The van der Waals surface area contributed by atoms with Gasteiger partial charge in [0.15, 0.2) is 0 Å². The zero-order valence-corrected chi connectivity index (χ0v) is 13.7. The fraction of sp³-hybridized carbons (Fsp3) is 0.529. The smallest absolute Gasteiger partial charge is 0.225 e. The molecule has 1 aromatic rings. The van der Waals surface area contributed by atoms with Crippen LogP contribution in [0.4, 0.5) is 5.69 Å². The zero-order valence-electron chi connectivity index (χ0n) is 13.0. The van der Waals surface area contributed by atoms with Crippen LogP contribution in [0.2, 0.25) is 5.02 Å². The highest BCUT2D eigenvalue weighted by molar-refractivity contribution is 6.32. The van der Waals surface area contributed by atoms with Crippen molar-refractivity contribution in [3.63, 3.8) is 0 Å². The predicted molar refractivity (Wildman–Crippen MR) is 88.3 cm³/mol. The average molecular weight is 334 g/mol. The number of halogens is 1. The zero-order chi connectivity index (χ0) is 16.3. The molecular formula is C17H20ClN3O2. The molecule has 1 N–H and O–H groups in total. The summed E-state index contributed by atoms with van der Waals surface area (Å²) in [6.07, 6.45) is 2.91. The van der Waals surface area contributed by atoms with Crippen LogP contribution < -0.4 is 5.32 Å². The van der Waals surface area contributed by atoms with Crippen LogP contribution in [-0.4, -0.2) is 43.7 Å². The first kappa shape index (κ1) is 16.3. The lowest BCUT2D eigenvalue weighted by atomic mass is 10.1. The van der Waals surface area contributed by atoms with Gasteiger partial charge in [0.1, 0.15) is 6.07 Å². The van der Waals surface area contributed by atoms with Crippen LogP contribution in [0.3, 0.4) is 0 Å². The predicted octanol–water partition coefficient (Wildman–Crippen LogP) is 2.65. The molecule has 1 saturated carbocycles. The molecule has 0 unspecified atom stereocenters. The Morgan fingerprint density at radius 2 is 2.30 bits per heavy atom. The van der Waals surface area contributed by atoms with E-state index in [1.54, 1.807) is 18.2 Å². The molecular weight excluding hydrogens is 314 g/mol. The molecule has 122 valence electrons. The van der Waals surface area contributed by atoms with Gasteiger partial charge in [-0.25, -0.2) is 0 Å². The fourth-order valence-electron chi connectivity index (χ4n) is 2.92. The van der Waals surface area contributed by atoms with E-state index in [0.717, 1.165) is 32.8 Å². The molecule has 1 aliphatic carbocycles. The summed E-state index contributed by atoms with van der Waals surface area (Å²) < 4.78 is 5.66. The van der Waals surface area contributed by atoms with E-state index in [1.807, 2.05) is 6.07 Å². The summed E-state index contributed by atoms with van der Waals surface area (Å²) in [5.74, 6) is -0.0409. The van der Waals surface area contributed by atoms with Gasteiger partial charge in [0.25, 0.3) is 0 Å². The van der Waals surface area contributed by atoms with Crippen LogP contribution in [0.15, 0.2) is 18.2 Å². The van der Waals surface area contributed by atoms with Crippen molar-refractivity contribution in [1.82, 2.24) is 4.90 Å². The molecule has 1 aliphatic heterocycles. The number of anilines is 1. The third-order valence-electron chi connectivity index (χ3n) is 4.50. The standard InChI is InChI=1S/C17H20ClN3O2/c18-15-9-14(2-1-13(15)10-19)20-16(22)3-6-21-7-8-23-12-17(11-21)4-5-17/h1-2,9H,3-8,11-12H2,(H,20,22). The molecule has 1 saturated heterocycles. The molecule has 0 atom stereocenters. The maximum atomic E-state index is 12.1.